The molecule has 0 spiro atoms. The van der Waals surface area contributed by atoms with Crippen LogP contribution in [0.3, 0.4) is 0 Å². The third-order valence-corrected chi connectivity index (χ3v) is 5.44. The van der Waals surface area contributed by atoms with Gasteiger partial charge in [-0.2, -0.15) is 5.26 Å². The zero-order chi connectivity index (χ0) is 23.4. The molecular weight excluding hydrogens is 414 g/mol. The maximum absolute atomic E-state index is 13.0. The minimum absolute atomic E-state index is 0.115. The Balaban J connectivity index is 1.65. The Labute approximate surface area is 192 Å². The van der Waals surface area contributed by atoms with Crippen molar-refractivity contribution in [1.82, 2.24) is 9.47 Å². The molecule has 0 saturated carbocycles. The summed E-state index contributed by atoms with van der Waals surface area (Å²) in [5, 5.41) is 10.4. The monoisotopic (exact) mass is 437 g/mol. The molecule has 33 heavy (non-hydrogen) atoms. The van der Waals surface area contributed by atoms with E-state index in [0.29, 0.717) is 35.2 Å². The van der Waals surface area contributed by atoms with Crippen molar-refractivity contribution in [3.63, 3.8) is 0 Å². The Morgan fingerprint density at radius 3 is 2.36 bits per heavy atom. The van der Waals surface area contributed by atoms with Gasteiger partial charge < -0.3 is 14.2 Å². The lowest BCUT2D eigenvalue weighted by Crippen LogP contribution is -2.26. The normalized spacial score (nSPS) is 10.6. The maximum Gasteiger partial charge on any atom is 0.338 e. The van der Waals surface area contributed by atoms with Gasteiger partial charge in [0.2, 0.25) is 0 Å². The molecule has 6 heteroatoms. The van der Waals surface area contributed by atoms with Crippen molar-refractivity contribution in [2.24, 2.45) is 0 Å². The summed E-state index contributed by atoms with van der Waals surface area (Å²) in [5.74, 6) is -0.488. The zero-order valence-corrected chi connectivity index (χ0v) is 18.5. The zero-order valence-electron chi connectivity index (χ0n) is 18.5. The molecule has 0 fully saturated rings. The first-order valence-corrected chi connectivity index (χ1v) is 10.6. The van der Waals surface area contributed by atoms with Crippen LogP contribution in [0.5, 0.6) is 0 Å². The number of hydrogen-bond donors (Lipinski definition) is 0. The van der Waals surface area contributed by atoms with Crippen LogP contribution in [0.1, 0.15) is 38.8 Å². The fourth-order valence-corrected chi connectivity index (χ4v) is 3.79. The Morgan fingerprint density at radius 2 is 1.70 bits per heavy atom. The van der Waals surface area contributed by atoms with E-state index in [4.69, 9.17) is 4.74 Å². The maximum atomic E-state index is 13.0. The van der Waals surface area contributed by atoms with E-state index >= 15 is 0 Å². The Bertz CT molecular complexity index is 1350. The molecule has 1 amide bonds. The SMILES string of the molecule is CCOC(=O)c1ccc(-n2cc(C#N)c3cc(C(=O)N(C)Cc4ccccc4)ccc32)cc1. The van der Waals surface area contributed by atoms with Crippen molar-refractivity contribution >= 4 is 22.8 Å². The molecule has 0 atom stereocenters. The summed E-state index contributed by atoms with van der Waals surface area (Å²) in [6, 6.07) is 24.4. The van der Waals surface area contributed by atoms with Gasteiger partial charge in [-0.05, 0) is 55.0 Å². The fourth-order valence-electron chi connectivity index (χ4n) is 3.79. The summed E-state index contributed by atoms with van der Waals surface area (Å²) < 4.78 is 6.91. The molecule has 0 aliphatic heterocycles. The molecule has 164 valence electrons. The summed E-state index contributed by atoms with van der Waals surface area (Å²) in [6.07, 6.45) is 1.74. The number of esters is 1. The lowest BCUT2D eigenvalue weighted by atomic mass is 10.1. The number of nitriles is 1. The summed E-state index contributed by atoms with van der Waals surface area (Å²) in [4.78, 5) is 26.6. The number of rotatable bonds is 6. The van der Waals surface area contributed by atoms with Crippen LogP contribution in [0, 0.1) is 11.3 Å². The second-order valence-corrected chi connectivity index (χ2v) is 7.67. The third kappa shape index (κ3) is 4.48. The predicted molar refractivity (Wildman–Crippen MR) is 126 cm³/mol. The first-order valence-electron chi connectivity index (χ1n) is 10.6. The number of carbonyl (C=O) groups is 2. The Morgan fingerprint density at radius 1 is 1.00 bits per heavy atom. The molecule has 1 heterocycles. The smallest absolute Gasteiger partial charge is 0.338 e. The Kier molecular flexibility index (Phi) is 6.23. The van der Waals surface area contributed by atoms with Gasteiger partial charge in [0, 0.05) is 36.4 Å². The van der Waals surface area contributed by atoms with Crippen molar-refractivity contribution in [1.29, 1.82) is 5.26 Å². The molecule has 0 aliphatic rings. The van der Waals surface area contributed by atoms with Crippen molar-refractivity contribution in [2.75, 3.05) is 13.7 Å². The van der Waals surface area contributed by atoms with E-state index in [0.717, 1.165) is 16.8 Å². The van der Waals surface area contributed by atoms with Crippen LogP contribution in [-0.4, -0.2) is 35.0 Å². The molecule has 1 aromatic heterocycles. The first kappa shape index (κ1) is 21.8. The second-order valence-electron chi connectivity index (χ2n) is 7.67. The number of carbonyl (C=O) groups excluding carboxylic acids is 2. The van der Waals surface area contributed by atoms with E-state index in [9.17, 15) is 14.9 Å². The minimum Gasteiger partial charge on any atom is -0.462 e. The van der Waals surface area contributed by atoms with Gasteiger partial charge >= 0.3 is 5.97 Å². The van der Waals surface area contributed by atoms with Crippen molar-refractivity contribution < 1.29 is 14.3 Å². The van der Waals surface area contributed by atoms with Gasteiger partial charge in [-0.1, -0.05) is 30.3 Å². The van der Waals surface area contributed by atoms with E-state index in [-0.39, 0.29) is 11.9 Å². The molecule has 6 nitrogen and oxygen atoms in total. The topological polar surface area (TPSA) is 75.3 Å². The third-order valence-electron chi connectivity index (χ3n) is 5.44. The molecule has 0 bridgehead atoms. The number of ether oxygens (including phenoxy) is 1. The summed E-state index contributed by atoms with van der Waals surface area (Å²) in [7, 11) is 1.76. The van der Waals surface area contributed by atoms with Crippen LogP contribution < -0.4 is 0 Å². The average Bonchev–Trinajstić information content (AvgIpc) is 3.22. The van der Waals surface area contributed by atoms with Crippen LogP contribution in [0.15, 0.2) is 79.0 Å². The van der Waals surface area contributed by atoms with Gasteiger partial charge in [0.05, 0.1) is 23.3 Å². The fraction of sp³-hybridized carbons (Fsp3) is 0.148. The molecular formula is C27H23N3O3. The van der Waals surface area contributed by atoms with Gasteiger partial charge in [0.25, 0.3) is 5.91 Å². The van der Waals surface area contributed by atoms with Gasteiger partial charge in [-0.15, -0.1) is 0 Å². The second kappa shape index (κ2) is 9.41. The van der Waals surface area contributed by atoms with Gasteiger partial charge in [0.15, 0.2) is 0 Å². The van der Waals surface area contributed by atoms with E-state index in [1.807, 2.05) is 41.0 Å². The van der Waals surface area contributed by atoms with Gasteiger partial charge in [-0.3, -0.25) is 4.79 Å². The highest BCUT2D eigenvalue weighted by Crippen LogP contribution is 2.26. The van der Waals surface area contributed by atoms with E-state index in [1.165, 1.54) is 0 Å². The highest BCUT2D eigenvalue weighted by molar-refractivity contribution is 6.00. The van der Waals surface area contributed by atoms with E-state index in [2.05, 4.69) is 6.07 Å². The van der Waals surface area contributed by atoms with Crippen LogP contribution in [0.25, 0.3) is 16.6 Å². The highest BCUT2D eigenvalue weighted by Gasteiger charge is 2.16. The highest BCUT2D eigenvalue weighted by atomic mass is 16.5. The Hall–Kier alpha value is -4.37. The number of fused-ring (bicyclic) bond motifs is 1. The lowest BCUT2D eigenvalue weighted by molar-refractivity contribution is 0.0526. The molecule has 3 aromatic carbocycles. The number of hydrogen-bond acceptors (Lipinski definition) is 4. The lowest BCUT2D eigenvalue weighted by Gasteiger charge is -2.17. The molecule has 4 aromatic rings. The first-order chi connectivity index (χ1) is 16.0. The molecule has 0 unspecified atom stereocenters. The summed E-state index contributed by atoms with van der Waals surface area (Å²) in [6.45, 7) is 2.58. The summed E-state index contributed by atoms with van der Waals surface area (Å²) >= 11 is 0. The summed E-state index contributed by atoms with van der Waals surface area (Å²) in [5.41, 5.74) is 4.11. The van der Waals surface area contributed by atoms with E-state index < -0.39 is 0 Å². The van der Waals surface area contributed by atoms with E-state index in [1.54, 1.807) is 61.5 Å². The van der Waals surface area contributed by atoms with Crippen LogP contribution in [0.2, 0.25) is 0 Å². The van der Waals surface area contributed by atoms with Crippen LogP contribution in [-0.2, 0) is 11.3 Å². The molecule has 0 aliphatic carbocycles. The quantitative estimate of drug-likeness (QED) is 0.400. The number of nitrogens with zero attached hydrogens (tertiary/aromatic N) is 3. The van der Waals surface area contributed by atoms with Crippen molar-refractivity contribution in [3.8, 4) is 11.8 Å². The standard InChI is InChI=1S/C27H23N3O3/c1-3-33-27(32)20-9-12-23(13-10-20)30-18-22(16-28)24-15-21(11-14-25(24)30)26(31)29(2)17-19-7-5-4-6-8-19/h4-15,18H,3,17H2,1-2H3. The largest absolute Gasteiger partial charge is 0.462 e. The van der Waals surface area contributed by atoms with Gasteiger partial charge in [0.1, 0.15) is 6.07 Å². The van der Waals surface area contributed by atoms with Crippen LogP contribution in [0.4, 0.5) is 0 Å². The number of benzene rings is 3. The molecule has 4 rings (SSSR count). The number of amides is 1. The minimum atomic E-state index is -0.373. The van der Waals surface area contributed by atoms with Crippen LogP contribution >= 0.6 is 0 Å². The van der Waals surface area contributed by atoms with Gasteiger partial charge in [-0.25, -0.2) is 4.79 Å². The molecule has 0 radical (unpaired) electrons. The molecule has 0 N–H and O–H groups in total. The predicted octanol–water partition coefficient (Wildman–Crippen LogP) is 4.95. The van der Waals surface area contributed by atoms with Crippen molar-refractivity contribution in [3.05, 3.63) is 101 Å². The molecule has 0 saturated heterocycles. The average molecular weight is 437 g/mol. The van der Waals surface area contributed by atoms with Crippen molar-refractivity contribution in [2.45, 2.75) is 13.5 Å². The number of aromatic nitrogens is 1.